The van der Waals surface area contributed by atoms with Gasteiger partial charge in [-0.25, -0.2) is 0 Å². The number of rotatable bonds is 4. The average molecular weight is 363 g/mol. The molecule has 0 saturated carbocycles. The van der Waals surface area contributed by atoms with Gasteiger partial charge >= 0.3 is 0 Å². The quantitative estimate of drug-likeness (QED) is 0.818. The number of hydrogen-bond donors (Lipinski definition) is 2. The second-order valence-corrected chi connectivity index (χ2v) is 7.07. The Morgan fingerprint density at radius 2 is 1.89 bits per heavy atom. The van der Waals surface area contributed by atoms with Crippen LogP contribution in [0.25, 0.3) is 0 Å². The number of fused-ring (bicyclic) bond motifs is 1. The molecule has 0 radical (unpaired) electrons. The highest BCUT2D eigenvalue weighted by molar-refractivity contribution is 6.06. The zero-order chi connectivity index (χ0) is 19.0. The normalized spacial score (nSPS) is 19.1. The van der Waals surface area contributed by atoms with Gasteiger partial charge in [0.15, 0.2) is 0 Å². The molecule has 0 aromatic heterocycles. The van der Waals surface area contributed by atoms with E-state index in [4.69, 9.17) is 0 Å². The molecule has 1 fully saturated rings. The van der Waals surface area contributed by atoms with E-state index in [2.05, 4.69) is 41.8 Å². The van der Waals surface area contributed by atoms with Crippen LogP contribution in [0, 0.1) is 6.92 Å². The third-order valence-electron chi connectivity index (χ3n) is 5.19. The summed E-state index contributed by atoms with van der Waals surface area (Å²) in [6.45, 7) is 3.08. The molecular formula is C21H21N3O3. The highest BCUT2D eigenvalue weighted by atomic mass is 16.2. The van der Waals surface area contributed by atoms with E-state index < -0.39 is 6.04 Å². The summed E-state index contributed by atoms with van der Waals surface area (Å²) in [7, 11) is 0. The molecule has 27 heavy (non-hydrogen) atoms. The first kappa shape index (κ1) is 17.3. The lowest BCUT2D eigenvalue weighted by molar-refractivity contribution is -0.136. The maximum atomic E-state index is 12.8. The first-order valence-electron chi connectivity index (χ1n) is 9.09. The van der Waals surface area contributed by atoms with Gasteiger partial charge in [0.25, 0.3) is 5.91 Å². The van der Waals surface area contributed by atoms with Crippen LogP contribution in [0.3, 0.4) is 0 Å². The van der Waals surface area contributed by atoms with Crippen molar-refractivity contribution in [1.82, 2.24) is 10.2 Å². The van der Waals surface area contributed by atoms with Crippen molar-refractivity contribution in [3.05, 3.63) is 64.7 Å². The molecule has 2 aliphatic heterocycles. The molecule has 1 atom stereocenters. The number of carbonyl (C=O) groups excluding carboxylic acids is 3. The number of benzene rings is 2. The van der Waals surface area contributed by atoms with Crippen LogP contribution < -0.4 is 10.6 Å². The molecule has 1 unspecified atom stereocenters. The summed E-state index contributed by atoms with van der Waals surface area (Å²) < 4.78 is 0. The number of piperidine rings is 1. The van der Waals surface area contributed by atoms with Crippen molar-refractivity contribution in [2.75, 3.05) is 5.32 Å². The second-order valence-electron chi connectivity index (χ2n) is 7.07. The van der Waals surface area contributed by atoms with E-state index in [0.717, 1.165) is 16.8 Å². The van der Waals surface area contributed by atoms with Crippen LogP contribution in [-0.2, 0) is 22.7 Å². The molecule has 0 spiro atoms. The maximum absolute atomic E-state index is 12.8. The number of nitrogens with zero attached hydrogens (tertiary/aromatic N) is 1. The zero-order valence-corrected chi connectivity index (χ0v) is 15.1. The monoisotopic (exact) mass is 363 g/mol. The molecule has 4 rings (SSSR count). The Kier molecular flexibility index (Phi) is 4.39. The molecule has 1 saturated heterocycles. The van der Waals surface area contributed by atoms with E-state index in [1.165, 1.54) is 5.56 Å². The number of amides is 3. The van der Waals surface area contributed by atoms with Gasteiger partial charge in [0, 0.05) is 36.3 Å². The molecule has 2 aromatic rings. The molecule has 138 valence electrons. The minimum Gasteiger partial charge on any atom is -0.381 e. The fourth-order valence-corrected chi connectivity index (χ4v) is 3.65. The summed E-state index contributed by atoms with van der Waals surface area (Å²) in [6.07, 6.45) is 0.631. The van der Waals surface area contributed by atoms with Crippen LogP contribution >= 0.6 is 0 Å². The Hall–Kier alpha value is -3.15. The van der Waals surface area contributed by atoms with Crippen LogP contribution in [-0.4, -0.2) is 28.7 Å². The summed E-state index contributed by atoms with van der Waals surface area (Å²) in [5.74, 6) is -0.819. The first-order chi connectivity index (χ1) is 13.0. The average Bonchev–Trinajstić information content (AvgIpc) is 2.99. The summed E-state index contributed by atoms with van der Waals surface area (Å²) in [4.78, 5) is 37.9. The predicted molar refractivity (Wildman–Crippen MR) is 101 cm³/mol. The van der Waals surface area contributed by atoms with E-state index >= 15 is 0 Å². The highest BCUT2D eigenvalue weighted by Gasteiger charge is 2.39. The standard InChI is InChI=1S/C21H21N3O3/c1-13-5-7-14(8-6-13)11-22-17-4-2-3-15-16(17)12-24(21(15)27)18-9-10-19(25)23-20(18)26/h2-8,18,22H,9-12H2,1H3,(H,23,25,26). The zero-order valence-electron chi connectivity index (χ0n) is 15.1. The Bertz CT molecular complexity index is 921. The molecule has 2 aromatic carbocycles. The molecule has 2 N–H and O–H groups in total. The van der Waals surface area contributed by atoms with Gasteiger partial charge in [-0.15, -0.1) is 0 Å². The van der Waals surface area contributed by atoms with Gasteiger partial charge < -0.3 is 10.2 Å². The minimum atomic E-state index is -0.590. The third-order valence-corrected chi connectivity index (χ3v) is 5.19. The minimum absolute atomic E-state index is 0.154. The van der Waals surface area contributed by atoms with Crippen LogP contribution in [0.1, 0.15) is 39.9 Å². The van der Waals surface area contributed by atoms with E-state index in [1.54, 1.807) is 11.0 Å². The molecule has 0 aliphatic carbocycles. The van der Waals surface area contributed by atoms with Crippen molar-refractivity contribution in [3.63, 3.8) is 0 Å². The Labute approximate surface area is 157 Å². The Morgan fingerprint density at radius 3 is 2.63 bits per heavy atom. The largest absolute Gasteiger partial charge is 0.381 e. The third kappa shape index (κ3) is 3.30. The molecule has 2 aliphatic rings. The fourth-order valence-electron chi connectivity index (χ4n) is 3.65. The van der Waals surface area contributed by atoms with Gasteiger partial charge in [-0.3, -0.25) is 19.7 Å². The van der Waals surface area contributed by atoms with Crippen LogP contribution in [0.2, 0.25) is 0 Å². The predicted octanol–water partition coefficient (Wildman–Crippen LogP) is 2.37. The van der Waals surface area contributed by atoms with Crippen LogP contribution in [0.15, 0.2) is 42.5 Å². The smallest absolute Gasteiger partial charge is 0.255 e. The van der Waals surface area contributed by atoms with E-state index in [1.807, 2.05) is 12.1 Å². The van der Waals surface area contributed by atoms with Gasteiger partial charge in [0.1, 0.15) is 6.04 Å². The van der Waals surface area contributed by atoms with Crippen molar-refractivity contribution in [2.24, 2.45) is 0 Å². The van der Waals surface area contributed by atoms with Crippen LogP contribution in [0.4, 0.5) is 5.69 Å². The topological polar surface area (TPSA) is 78.5 Å². The van der Waals surface area contributed by atoms with Crippen molar-refractivity contribution in [1.29, 1.82) is 0 Å². The summed E-state index contributed by atoms with van der Waals surface area (Å²) in [6, 6.07) is 13.3. The van der Waals surface area contributed by atoms with Crippen molar-refractivity contribution < 1.29 is 14.4 Å². The van der Waals surface area contributed by atoms with Crippen LogP contribution in [0.5, 0.6) is 0 Å². The van der Waals surface area contributed by atoms with Gasteiger partial charge in [-0.2, -0.15) is 0 Å². The SMILES string of the molecule is Cc1ccc(CNc2cccc3c2CN(C2CCC(=O)NC2=O)C3=O)cc1. The lowest BCUT2D eigenvalue weighted by atomic mass is 10.0. The molecular weight excluding hydrogens is 342 g/mol. The molecule has 2 heterocycles. The van der Waals surface area contributed by atoms with E-state index in [9.17, 15) is 14.4 Å². The summed E-state index contributed by atoms with van der Waals surface area (Å²) >= 11 is 0. The first-order valence-corrected chi connectivity index (χ1v) is 9.09. The molecule has 3 amide bonds. The molecule has 6 nitrogen and oxygen atoms in total. The molecule has 0 bridgehead atoms. The highest BCUT2D eigenvalue weighted by Crippen LogP contribution is 2.32. The van der Waals surface area contributed by atoms with Gasteiger partial charge in [0.2, 0.25) is 11.8 Å². The molecule has 6 heteroatoms. The van der Waals surface area contributed by atoms with E-state index in [0.29, 0.717) is 25.1 Å². The lowest BCUT2D eigenvalue weighted by Gasteiger charge is -2.29. The summed E-state index contributed by atoms with van der Waals surface area (Å²) in [5, 5.41) is 5.74. The van der Waals surface area contributed by atoms with Gasteiger partial charge in [-0.05, 0) is 31.0 Å². The number of hydrogen-bond acceptors (Lipinski definition) is 4. The van der Waals surface area contributed by atoms with Crippen molar-refractivity contribution in [2.45, 2.75) is 38.9 Å². The lowest BCUT2D eigenvalue weighted by Crippen LogP contribution is -2.52. The van der Waals surface area contributed by atoms with Gasteiger partial charge in [-0.1, -0.05) is 35.9 Å². The number of nitrogens with one attached hydrogen (secondary N) is 2. The van der Waals surface area contributed by atoms with Gasteiger partial charge in [0.05, 0.1) is 0 Å². The Balaban J connectivity index is 1.53. The Morgan fingerprint density at radius 1 is 1.11 bits per heavy atom. The number of aryl methyl sites for hydroxylation is 1. The van der Waals surface area contributed by atoms with Crippen molar-refractivity contribution in [3.8, 4) is 0 Å². The fraction of sp³-hybridized carbons (Fsp3) is 0.286. The second kappa shape index (κ2) is 6.87. The number of carbonyl (C=O) groups is 3. The number of imide groups is 1. The van der Waals surface area contributed by atoms with Crippen molar-refractivity contribution >= 4 is 23.4 Å². The maximum Gasteiger partial charge on any atom is 0.255 e. The number of anilines is 1. The summed E-state index contributed by atoms with van der Waals surface area (Å²) in [5.41, 5.74) is 4.79. The van der Waals surface area contributed by atoms with E-state index in [-0.39, 0.29) is 24.1 Å².